The van der Waals surface area contributed by atoms with Gasteiger partial charge in [-0.1, -0.05) is 19.9 Å². The molecular weight excluding hydrogens is 296 g/mol. The summed E-state index contributed by atoms with van der Waals surface area (Å²) in [6.45, 7) is 4.72. The highest BCUT2D eigenvalue weighted by Gasteiger charge is 2.18. The van der Waals surface area contributed by atoms with Gasteiger partial charge in [-0.25, -0.2) is 13.6 Å². The van der Waals surface area contributed by atoms with Gasteiger partial charge in [0.05, 0.1) is 6.54 Å². The van der Waals surface area contributed by atoms with Gasteiger partial charge < -0.3 is 9.73 Å². The number of primary sulfonamides is 1. The average Bonchev–Trinajstić information content (AvgIpc) is 2.97. The summed E-state index contributed by atoms with van der Waals surface area (Å²) in [6.07, 6.45) is 0. The molecule has 7 heteroatoms. The summed E-state index contributed by atoms with van der Waals surface area (Å²) < 4.78 is 27.5. The lowest BCUT2D eigenvalue weighted by Gasteiger charge is -2.20. The summed E-state index contributed by atoms with van der Waals surface area (Å²) in [7, 11) is -3.77. The molecule has 20 heavy (non-hydrogen) atoms. The molecule has 2 rings (SSSR count). The van der Waals surface area contributed by atoms with E-state index in [1.165, 1.54) is 10.9 Å². The molecule has 0 spiro atoms. The zero-order valence-corrected chi connectivity index (χ0v) is 13.0. The number of furan rings is 1. The molecule has 1 unspecified atom stereocenters. The lowest BCUT2D eigenvalue weighted by molar-refractivity contribution is 0.362. The Morgan fingerprint density at radius 3 is 2.60 bits per heavy atom. The molecule has 1 atom stereocenters. The van der Waals surface area contributed by atoms with Crippen LogP contribution in [0, 0.1) is 5.92 Å². The fourth-order valence-electron chi connectivity index (χ4n) is 1.95. The number of hydrogen-bond donors (Lipinski definition) is 2. The van der Waals surface area contributed by atoms with Crippen molar-refractivity contribution in [2.24, 2.45) is 11.1 Å². The van der Waals surface area contributed by atoms with Gasteiger partial charge in [0.25, 0.3) is 10.0 Å². The Labute approximate surface area is 122 Å². The second-order valence-electron chi connectivity index (χ2n) is 4.88. The van der Waals surface area contributed by atoms with Crippen molar-refractivity contribution in [1.29, 1.82) is 0 Å². The second-order valence-corrected chi connectivity index (χ2v) is 7.36. The Morgan fingerprint density at radius 1 is 1.35 bits per heavy atom. The quantitative estimate of drug-likeness (QED) is 0.857. The van der Waals surface area contributed by atoms with Gasteiger partial charge in [0.2, 0.25) is 5.09 Å². The Kier molecular flexibility index (Phi) is 4.64. The molecule has 0 aliphatic rings. The maximum Gasteiger partial charge on any atom is 0.271 e. The molecule has 2 aromatic heterocycles. The van der Waals surface area contributed by atoms with Crippen molar-refractivity contribution in [1.82, 2.24) is 5.32 Å². The number of thiophene rings is 1. The van der Waals surface area contributed by atoms with E-state index in [0.29, 0.717) is 18.2 Å². The molecule has 0 saturated carbocycles. The highest BCUT2D eigenvalue weighted by atomic mass is 32.2. The van der Waals surface area contributed by atoms with Crippen LogP contribution < -0.4 is 10.5 Å². The summed E-state index contributed by atoms with van der Waals surface area (Å²) in [6, 6.07) is 7.31. The number of sulfonamides is 1. The molecule has 0 aliphatic heterocycles. The molecule has 3 N–H and O–H groups in total. The second kappa shape index (κ2) is 6.09. The average molecular weight is 314 g/mol. The van der Waals surface area contributed by atoms with E-state index < -0.39 is 10.0 Å². The first-order valence-electron chi connectivity index (χ1n) is 6.26. The first-order chi connectivity index (χ1) is 9.38. The van der Waals surface area contributed by atoms with Crippen LogP contribution in [-0.2, 0) is 16.6 Å². The van der Waals surface area contributed by atoms with E-state index in [4.69, 9.17) is 9.56 Å². The normalized spacial score (nSPS) is 13.8. The van der Waals surface area contributed by atoms with Crippen LogP contribution >= 0.6 is 11.3 Å². The van der Waals surface area contributed by atoms with Gasteiger partial charge in [0.15, 0.2) is 0 Å². The van der Waals surface area contributed by atoms with Crippen molar-refractivity contribution in [3.05, 3.63) is 40.3 Å². The van der Waals surface area contributed by atoms with Crippen molar-refractivity contribution in [3.63, 3.8) is 0 Å². The topological polar surface area (TPSA) is 85.3 Å². The van der Waals surface area contributed by atoms with Crippen LogP contribution in [0.15, 0.2) is 39.2 Å². The fraction of sp³-hybridized carbons (Fsp3) is 0.385. The van der Waals surface area contributed by atoms with Crippen LogP contribution in [0.25, 0.3) is 0 Å². The highest BCUT2D eigenvalue weighted by Crippen LogP contribution is 2.26. The third-order valence-electron chi connectivity index (χ3n) is 2.93. The standard InChI is InChI=1S/C13H18N2O3S2/c1-9(2)13(11-4-3-7-19-11)15-8-10-5-6-12(18-10)20(14,16)17/h3-7,9,13,15H,8H2,1-2H3,(H2,14,16,17). The van der Waals surface area contributed by atoms with Crippen molar-refractivity contribution < 1.29 is 12.8 Å². The minimum atomic E-state index is -3.77. The van der Waals surface area contributed by atoms with Gasteiger partial charge in [0.1, 0.15) is 5.76 Å². The largest absolute Gasteiger partial charge is 0.447 e. The zero-order valence-electron chi connectivity index (χ0n) is 11.4. The Morgan fingerprint density at radius 2 is 2.10 bits per heavy atom. The smallest absolute Gasteiger partial charge is 0.271 e. The van der Waals surface area contributed by atoms with Crippen molar-refractivity contribution >= 4 is 21.4 Å². The minimum absolute atomic E-state index is 0.202. The van der Waals surface area contributed by atoms with Crippen LogP contribution in [0.3, 0.4) is 0 Å². The molecule has 2 aromatic rings. The fourth-order valence-corrected chi connectivity index (χ4v) is 3.40. The molecule has 0 aromatic carbocycles. The molecule has 0 fully saturated rings. The predicted molar refractivity (Wildman–Crippen MR) is 78.8 cm³/mol. The van der Waals surface area contributed by atoms with Crippen LogP contribution in [0.5, 0.6) is 0 Å². The van der Waals surface area contributed by atoms with Gasteiger partial charge >= 0.3 is 0 Å². The Bertz CT molecular complexity index is 645. The van der Waals surface area contributed by atoms with Crippen LogP contribution in [0.1, 0.15) is 30.5 Å². The number of rotatable bonds is 6. The lowest BCUT2D eigenvalue weighted by Crippen LogP contribution is -2.24. The van der Waals surface area contributed by atoms with E-state index in [2.05, 4.69) is 25.2 Å². The molecule has 0 amide bonds. The predicted octanol–water partition coefficient (Wildman–Crippen LogP) is 2.48. The first kappa shape index (κ1) is 15.2. The summed E-state index contributed by atoms with van der Waals surface area (Å²) in [4.78, 5) is 1.25. The molecular formula is C13H18N2O3S2. The maximum atomic E-state index is 11.1. The van der Waals surface area contributed by atoms with Gasteiger partial charge in [-0.15, -0.1) is 11.3 Å². The number of hydrogen-bond acceptors (Lipinski definition) is 5. The maximum absolute atomic E-state index is 11.1. The summed E-state index contributed by atoms with van der Waals surface area (Å²) >= 11 is 1.69. The third kappa shape index (κ3) is 3.69. The van der Waals surface area contributed by atoms with E-state index in [9.17, 15) is 8.42 Å². The van der Waals surface area contributed by atoms with Gasteiger partial charge in [0, 0.05) is 10.9 Å². The summed E-state index contributed by atoms with van der Waals surface area (Å²) in [5, 5.41) is 10.2. The SMILES string of the molecule is CC(C)C(NCc1ccc(S(N)(=O)=O)o1)c1cccs1. The molecule has 0 radical (unpaired) electrons. The van der Waals surface area contributed by atoms with E-state index in [1.54, 1.807) is 17.4 Å². The molecule has 0 saturated heterocycles. The molecule has 2 heterocycles. The van der Waals surface area contributed by atoms with Gasteiger partial charge in [-0.05, 0) is 29.5 Å². The summed E-state index contributed by atoms with van der Waals surface area (Å²) in [5.41, 5.74) is 0. The Balaban J connectivity index is 2.05. The van der Waals surface area contributed by atoms with Crippen LogP contribution in [0.4, 0.5) is 0 Å². The van der Waals surface area contributed by atoms with E-state index in [1.807, 2.05) is 11.4 Å². The molecule has 0 bridgehead atoms. The number of nitrogens with two attached hydrogens (primary N) is 1. The van der Waals surface area contributed by atoms with E-state index >= 15 is 0 Å². The van der Waals surface area contributed by atoms with Crippen molar-refractivity contribution in [2.75, 3.05) is 0 Å². The Hall–Kier alpha value is -1.15. The first-order valence-corrected chi connectivity index (χ1v) is 8.69. The highest BCUT2D eigenvalue weighted by molar-refractivity contribution is 7.89. The summed E-state index contributed by atoms with van der Waals surface area (Å²) in [5.74, 6) is 0.970. The van der Waals surface area contributed by atoms with Crippen LogP contribution in [0.2, 0.25) is 0 Å². The minimum Gasteiger partial charge on any atom is -0.447 e. The molecule has 5 nitrogen and oxygen atoms in total. The van der Waals surface area contributed by atoms with Crippen LogP contribution in [-0.4, -0.2) is 8.42 Å². The molecule has 0 aliphatic carbocycles. The van der Waals surface area contributed by atoms with Gasteiger partial charge in [-0.3, -0.25) is 0 Å². The van der Waals surface area contributed by atoms with Crippen molar-refractivity contribution in [3.8, 4) is 0 Å². The van der Waals surface area contributed by atoms with Gasteiger partial charge in [-0.2, -0.15) is 0 Å². The molecule has 110 valence electrons. The van der Waals surface area contributed by atoms with Crippen molar-refractivity contribution in [2.45, 2.75) is 31.5 Å². The lowest BCUT2D eigenvalue weighted by atomic mass is 10.0. The van der Waals surface area contributed by atoms with E-state index in [-0.39, 0.29) is 11.1 Å². The third-order valence-corrected chi connectivity index (χ3v) is 4.67. The number of nitrogens with one attached hydrogen (secondary N) is 1. The zero-order chi connectivity index (χ0) is 14.8. The monoisotopic (exact) mass is 314 g/mol. The van der Waals surface area contributed by atoms with E-state index in [0.717, 1.165) is 0 Å².